The first-order chi connectivity index (χ1) is 10.3. The predicted octanol–water partition coefficient (Wildman–Crippen LogP) is 3.53. The zero-order chi connectivity index (χ0) is 16.3. The van der Waals surface area contributed by atoms with Crippen molar-refractivity contribution < 1.29 is 13.2 Å². The maximum absolute atomic E-state index is 12.2. The van der Waals surface area contributed by atoms with Crippen molar-refractivity contribution in [1.82, 2.24) is 4.31 Å². The van der Waals surface area contributed by atoms with Crippen molar-refractivity contribution in [2.45, 2.75) is 4.21 Å². The lowest BCUT2D eigenvalue weighted by Gasteiger charge is -2.16. The minimum Gasteiger partial charge on any atom is -0.324 e. The fraction of sp³-hybridized carbons (Fsp3) is 0.154. The second-order valence-electron chi connectivity index (χ2n) is 4.37. The zero-order valence-electron chi connectivity index (χ0n) is 11.4. The number of nitrogens with zero attached hydrogens (tertiary/aromatic N) is 1. The highest BCUT2D eigenvalue weighted by Crippen LogP contribution is 2.26. The van der Waals surface area contributed by atoms with Crippen LogP contribution >= 0.6 is 43.2 Å². The van der Waals surface area contributed by atoms with Crippen molar-refractivity contribution in [3.8, 4) is 0 Å². The molecule has 0 bridgehead atoms. The lowest BCUT2D eigenvalue weighted by molar-refractivity contribution is -0.116. The van der Waals surface area contributed by atoms with Gasteiger partial charge in [0.2, 0.25) is 5.91 Å². The van der Waals surface area contributed by atoms with Crippen molar-refractivity contribution in [3.63, 3.8) is 0 Å². The fourth-order valence-corrected chi connectivity index (χ4v) is 5.11. The molecule has 1 amide bonds. The van der Waals surface area contributed by atoms with E-state index < -0.39 is 15.9 Å². The van der Waals surface area contributed by atoms with Gasteiger partial charge in [0.05, 0.1) is 12.2 Å². The van der Waals surface area contributed by atoms with E-state index in [0.717, 1.165) is 20.1 Å². The van der Waals surface area contributed by atoms with Crippen molar-refractivity contribution >= 4 is 64.8 Å². The Morgan fingerprint density at radius 2 is 2.05 bits per heavy atom. The molecule has 2 rings (SSSR count). The van der Waals surface area contributed by atoms with E-state index in [0.29, 0.717) is 10.2 Å². The van der Waals surface area contributed by atoms with Crippen LogP contribution in [0.15, 0.2) is 48.9 Å². The molecular weight excluding hydrogens is 456 g/mol. The molecule has 0 aliphatic carbocycles. The third kappa shape index (κ3) is 4.17. The smallest absolute Gasteiger partial charge is 0.252 e. The van der Waals surface area contributed by atoms with E-state index in [1.54, 1.807) is 29.6 Å². The molecule has 0 fully saturated rings. The van der Waals surface area contributed by atoms with Gasteiger partial charge in [-0.15, -0.1) is 11.3 Å². The molecule has 0 saturated heterocycles. The van der Waals surface area contributed by atoms with Crippen LogP contribution in [-0.2, 0) is 14.8 Å². The van der Waals surface area contributed by atoms with Crippen LogP contribution in [0.25, 0.3) is 0 Å². The molecule has 1 aromatic heterocycles. The van der Waals surface area contributed by atoms with E-state index >= 15 is 0 Å². The van der Waals surface area contributed by atoms with Crippen LogP contribution < -0.4 is 5.32 Å². The maximum atomic E-state index is 12.2. The van der Waals surface area contributed by atoms with E-state index in [2.05, 4.69) is 37.2 Å². The summed E-state index contributed by atoms with van der Waals surface area (Å²) >= 11 is 7.78. The highest BCUT2D eigenvalue weighted by atomic mass is 79.9. The first-order valence-electron chi connectivity index (χ1n) is 6.05. The Morgan fingerprint density at radius 3 is 2.64 bits per heavy atom. The molecule has 5 nitrogen and oxygen atoms in total. The molecule has 0 unspecified atom stereocenters. The summed E-state index contributed by atoms with van der Waals surface area (Å²) in [6.07, 6.45) is 0. The first-order valence-corrected chi connectivity index (χ1v) is 9.96. The number of carbonyl (C=O) groups excluding carboxylic acids is 1. The highest BCUT2D eigenvalue weighted by molar-refractivity contribution is 9.11. The van der Waals surface area contributed by atoms with Gasteiger partial charge in [-0.25, -0.2) is 8.42 Å². The monoisotopic (exact) mass is 466 g/mol. The summed E-state index contributed by atoms with van der Waals surface area (Å²) in [6, 6.07) is 8.47. The van der Waals surface area contributed by atoms with Crippen LogP contribution in [0.5, 0.6) is 0 Å². The van der Waals surface area contributed by atoms with Gasteiger partial charge in [-0.1, -0.05) is 22.0 Å². The normalized spacial score (nSPS) is 11.6. The number of sulfonamides is 1. The van der Waals surface area contributed by atoms with Gasteiger partial charge >= 0.3 is 0 Å². The van der Waals surface area contributed by atoms with Gasteiger partial charge in [0.25, 0.3) is 10.0 Å². The number of hydrogen-bond donors (Lipinski definition) is 1. The van der Waals surface area contributed by atoms with E-state index in [9.17, 15) is 13.2 Å². The van der Waals surface area contributed by atoms with Gasteiger partial charge in [0.1, 0.15) is 4.21 Å². The molecule has 1 heterocycles. The summed E-state index contributed by atoms with van der Waals surface area (Å²) in [5.74, 6) is -0.411. The molecule has 0 atom stereocenters. The molecule has 0 aliphatic rings. The minimum atomic E-state index is -3.63. The molecular formula is C13H12Br2N2O3S2. The Labute approximate surface area is 149 Å². The van der Waals surface area contributed by atoms with Crippen LogP contribution in [0.1, 0.15) is 0 Å². The number of carbonyl (C=O) groups is 1. The second kappa shape index (κ2) is 7.22. The summed E-state index contributed by atoms with van der Waals surface area (Å²) in [4.78, 5) is 12.0. The number of thiophene rings is 1. The van der Waals surface area contributed by atoms with Gasteiger partial charge in [0.15, 0.2) is 0 Å². The number of likely N-dealkylation sites (N-methyl/N-ethyl adjacent to an activating group) is 1. The molecule has 22 heavy (non-hydrogen) atoms. The van der Waals surface area contributed by atoms with Crippen LogP contribution in [0, 0.1) is 0 Å². The molecule has 9 heteroatoms. The number of anilines is 1. The third-order valence-corrected chi connectivity index (χ3v) is 7.06. The largest absolute Gasteiger partial charge is 0.324 e. The van der Waals surface area contributed by atoms with Crippen molar-refractivity contribution in [3.05, 3.63) is 44.7 Å². The van der Waals surface area contributed by atoms with Gasteiger partial charge in [-0.3, -0.25) is 4.79 Å². The number of rotatable bonds is 5. The summed E-state index contributed by atoms with van der Waals surface area (Å²) in [5, 5.41) is 4.36. The van der Waals surface area contributed by atoms with Gasteiger partial charge in [0, 0.05) is 16.0 Å². The molecule has 0 radical (unpaired) electrons. The highest BCUT2D eigenvalue weighted by Gasteiger charge is 2.23. The zero-order valence-corrected chi connectivity index (χ0v) is 16.2. The molecule has 0 saturated carbocycles. The quantitative estimate of drug-likeness (QED) is 0.731. The van der Waals surface area contributed by atoms with Crippen molar-refractivity contribution in [2.24, 2.45) is 0 Å². The van der Waals surface area contributed by atoms with Crippen LogP contribution in [0.3, 0.4) is 0 Å². The number of halogens is 2. The standard InChI is InChI=1S/C13H12Br2N2O3S2/c1-17(22(19,20)13-3-2-6-21-13)8-12(18)16-11-5-4-9(14)7-10(11)15/h2-7H,8H2,1H3,(H,16,18). The predicted molar refractivity (Wildman–Crippen MR) is 94.6 cm³/mol. The Balaban J connectivity index is 2.06. The molecule has 118 valence electrons. The molecule has 0 aliphatic heterocycles. The third-order valence-electron chi connectivity index (χ3n) is 2.73. The number of nitrogens with one attached hydrogen (secondary N) is 1. The molecule has 2 aromatic rings. The average Bonchev–Trinajstić information content (AvgIpc) is 2.96. The van der Waals surface area contributed by atoms with E-state index in [-0.39, 0.29) is 10.8 Å². The van der Waals surface area contributed by atoms with Crippen molar-refractivity contribution in [1.29, 1.82) is 0 Å². The summed E-state index contributed by atoms with van der Waals surface area (Å²) in [5.41, 5.74) is 0.579. The van der Waals surface area contributed by atoms with Gasteiger partial charge < -0.3 is 5.32 Å². The summed E-state index contributed by atoms with van der Waals surface area (Å²) in [6.45, 7) is -0.261. The van der Waals surface area contributed by atoms with E-state index in [1.165, 1.54) is 13.1 Å². The van der Waals surface area contributed by atoms with Crippen molar-refractivity contribution in [2.75, 3.05) is 18.9 Å². The Kier molecular flexibility index (Phi) is 5.78. The fourth-order valence-electron chi connectivity index (χ4n) is 1.63. The molecule has 0 spiro atoms. The lowest BCUT2D eigenvalue weighted by Crippen LogP contribution is -2.34. The van der Waals surface area contributed by atoms with E-state index in [1.807, 2.05) is 0 Å². The van der Waals surface area contributed by atoms with Crippen LogP contribution in [-0.4, -0.2) is 32.2 Å². The lowest BCUT2D eigenvalue weighted by atomic mass is 10.3. The topological polar surface area (TPSA) is 66.5 Å². The van der Waals surface area contributed by atoms with Gasteiger partial charge in [-0.05, 0) is 45.6 Å². The molecule has 1 aromatic carbocycles. The Morgan fingerprint density at radius 1 is 1.32 bits per heavy atom. The van der Waals surface area contributed by atoms with E-state index in [4.69, 9.17) is 0 Å². The summed E-state index contributed by atoms with van der Waals surface area (Å²) in [7, 11) is -2.25. The Bertz CT molecular complexity index is 777. The maximum Gasteiger partial charge on any atom is 0.252 e. The van der Waals surface area contributed by atoms with Crippen LogP contribution in [0.4, 0.5) is 5.69 Å². The van der Waals surface area contributed by atoms with Crippen LogP contribution in [0.2, 0.25) is 0 Å². The minimum absolute atomic E-state index is 0.215. The first kappa shape index (κ1) is 17.6. The molecule has 1 N–H and O–H groups in total. The SMILES string of the molecule is CN(CC(=O)Nc1ccc(Br)cc1Br)S(=O)(=O)c1cccs1. The summed E-state index contributed by atoms with van der Waals surface area (Å²) < 4.78 is 27.3. The van der Waals surface area contributed by atoms with Gasteiger partial charge in [-0.2, -0.15) is 4.31 Å². The number of amides is 1. The number of benzene rings is 1. The second-order valence-corrected chi connectivity index (χ2v) is 9.35. The average molecular weight is 468 g/mol. The number of hydrogen-bond acceptors (Lipinski definition) is 4. The Hall–Kier alpha value is -0.740.